The van der Waals surface area contributed by atoms with Gasteiger partial charge in [-0.15, -0.1) is 0 Å². The molecule has 2 aromatic rings. The molecule has 0 fully saturated rings. The van der Waals surface area contributed by atoms with Crippen molar-refractivity contribution < 1.29 is 0 Å². The highest BCUT2D eigenvalue weighted by Crippen LogP contribution is 2.24. The maximum Gasteiger partial charge on any atom is 0.101 e. The van der Waals surface area contributed by atoms with Crippen molar-refractivity contribution in [2.24, 2.45) is 0 Å². The SMILES string of the molecule is N#Cc1ccc(-c2cnccc2Cl)nc1. The molecule has 15 heavy (non-hydrogen) atoms. The largest absolute Gasteiger partial charge is 0.264 e. The molecule has 0 radical (unpaired) electrons. The molecule has 0 saturated carbocycles. The Hall–Kier alpha value is -1.92. The summed E-state index contributed by atoms with van der Waals surface area (Å²) in [6.45, 7) is 0. The molecule has 0 aliphatic heterocycles. The van der Waals surface area contributed by atoms with Crippen LogP contribution in [-0.2, 0) is 0 Å². The highest BCUT2D eigenvalue weighted by Gasteiger charge is 2.03. The van der Waals surface area contributed by atoms with Gasteiger partial charge in [-0.25, -0.2) is 0 Å². The molecule has 4 heteroatoms. The Morgan fingerprint density at radius 2 is 2.07 bits per heavy atom. The first-order chi connectivity index (χ1) is 7.31. The predicted octanol–water partition coefficient (Wildman–Crippen LogP) is 2.67. The third-order valence-corrected chi connectivity index (χ3v) is 2.27. The van der Waals surface area contributed by atoms with E-state index in [0.717, 1.165) is 5.56 Å². The molecule has 0 atom stereocenters. The van der Waals surface area contributed by atoms with Gasteiger partial charge in [0, 0.05) is 24.2 Å². The minimum absolute atomic E-state index is 0.527. The Bertz CT molecular complexity index is 514. The normalized spacial score (nSPS) is 9.60. The molecule has 0 saturated heterocycles. The lowest BCUT2D eigenvalue weighted by Crippen LogP contribution is -1.86. The first-order valence-electron chi connectivity index (χ1n) is 4.27. The number of pyridine rings is 2. The Labute approximate surface area is 92.0 Å². The molecule has 2 aromatic heterocycles. The van der Waals surface area contributed by atoms with Gasteiger partial charge in [0.25, 0.3) is 0 Å². The summed E-state index contributed by atoms with van der Waals surface area (Å²) in [5, 5.41) is 9.22. The molecule has 0 unspecified atom stereocenters. The lowest BCUT2D eigenvalue weighted by Gasteiger charge is -2.01. The van der Waals surface area contributed by atoms with Gasteiger partial charge in [0.2, 0.25) is 0 Å². The average Bonchev–Trinajstić information content (AvgIpc) is 2.30. The van der Waals surface area contributed by atoms with Crippen LogP contribution in [0.25, 0.3) is 11.3 Å². The Morgan fingerprint density at radius 1 is 1.20 bits per heavy atom. The lowest BCUT2D eigenvalue weighted by molar-refractivity contribution is 1.27. The number of nitriles is 1. The van der Waals surface area contributed by atoms with E-state index in [2.05, 4.69) is 9.97 Å². The van der Waals surface area contributed by atoms with E-state index in [0.29, 0.717) is 16.3 Å². The van der Waals surface area contributed by atoms with Crippen molar-refractivity contribution in [3.05, 3.63) is 47.4 Å². The van der Waals surface area contributed by atoms with Gasteiger partial charge in [0.05, 0.1) is 16.3 Å². The fraction of sp³-hybridized carbons (Fsp3) is 0. The van der Waals surface area contributed by atoms with E-state index in [1.807, 2.05) is 6.07 Å². The molecule has 2 rings (SSSR count). The van der Waals surface area contributed by atoms with Crippen LogP contribution in [0.5, 0.6) is 0 Å². The summed E-state index contributed by atoms with van der Waals surface area (Å²) in [5.74, 6) is 0. The summed E-state index contributed by atoms with van der Waals surface area (Å²) in [7, 11) is 0. The van der Waals surface area contributed by atoms with Crippen molar-refractivity contribution in [1.82, 2.24) is 9.97 Å². The second-order valence-corrected chi connectivity index (χ2v) is 3.31. The number of nitrogens with zero attached hydrogens (tertiary/aromatic N) is 3. The number of rotatable bonds is 1. The van der Waals surface area contributed by atoms with Crippen LogP contribution in [0.2, 0.25) is 5.02 Å². The molecule has 0 aliphatic rings. The zero-order valence-electron chi connectivity index (χ0n) is 7.68. The van der Waals surface area contributed by atoms with Crippen LogP contribution < -0.4 is 0 Å². The number of aromatic nitrogens is 2. The average molecular weight is 216 g/mol. The van der Waals surface area contributed by atoms with Crippen LogP contribution in [-0.4, -0.2) is 9.97 Å². The molecule has 0 amide bonds. The number of hydrogen-bond donors (Lipinski definition) is 0. The summed E-state index contributed by atoms with van der Waals surface area (Å²) < 4.78 is 0. The zero-order valence-corrected chi connectivity index (χ0v) is 8.44. The van der Waals surface area contributed by atoms with Crippen LogP contribution in [0.4, 0.5) is 0 Å². The third-order valence-electron chi connectivity index (χ3n) is 1.94. The van der Waals surface area contributed by atoms with Crippen molar-refractivity contribution in [1.29, 1.82) is 5.26 Å². The molecule has 0 N–H and O–H groups in total. The zero-order chi connectivity index (χ0) is 10.7. The standard InChI is InChI=1S/C11H6ClN3/c12-10-3-4-14-7-9(10)11-2-1-8(5-13)6-15-11/h1-4,6-7H. The lowest BCUT2D eigenvalue weighted by atomic mass is 10.2. The van der Waals surface area contributed by atoms with Crippen molar-refractivity contribution in [3.8, 4) is 17.3 Å². The maximum atomic E-state index is 8.63. The van der Waals surface area contributed by atoms with Crippen LogP contribution in [0.3, 0.4) is 0 Å². The minimum atomic E-state index is 0.527. The van der Waals surface area contributed by atoms with Crippen LogP contribution in [0.1, 0.15) is 5.56 Å². The predicted molar refractivity (Wildman–Crippen MR) is 57.2 cm³/mol. The van der Waals surface area contributed by atoms with Crippen LogP contribution in [0.15, 0.2) is 36.8 Å². The van der Waals surface area contributed by atoms with Crippen molar-refractivity contribution in [3.63, 3.8) is 0 Å². The van der Waals surface area contributed by atoms with Crippen molar-refractivity contribution in [2.75, 3.05) is 0 Å². The van der Waals surface area contributed by atoms with Gasteiger partial charge in [0.15, 0.2) is 0 Å². The molecule has 0 aromatic carbocycles. The Morgan fingerprint density at radius 3 is 2.67 bits per heavy atom. The van der Waals surface area contributed by atoms with Gasteiger partial charge in [-0.05, 0) is 18.2 Å². The van der Waals surface area contributed by atoms with Crippen LogP contribution in [0, 0.1) is 11.3 Å². The minimum Gasteiger partial charge on any atom is -0.264 e. The highest BCUT2D eigenvalue weighted by molar-refractivity contribution is 6.33. The van der Waals surface area contributed by atoms with E-state index >= 15 is 0 Å². The Kier molecular flexibility index (Phi) is 2.61. The molecule has 0 spiro atoms. The first kappa shape index (κ1) is 9.63. The smallest absolute Gasteiger partial charge is 0.101 e. The van der Waals surface area contributed by atoms with Gasteiger partial charge >= 0.3 is 0 Å². The summed E-state index contributed by atoms with van der Waals surface area (Å²) in [4.78, 5) is 8.11. The van der Waals surface area contributed by atoms with E-state index in [-0.39, 0.29) is 0 Å². The van der Waals surface area contributed by atoms with Crippen molar-refractivity contribution in [2.45, 2.75) is 0 Å². The van der Waals surface area contributed by atoms with Gasteiger partial charge in [-0.1, -0.05) is 11.6 Å². The third kappa shape index (κ3) is 1.95. The monoisotopic (exact) mass is 215 g/mol. The van der Waals surface area contributed by atoms with E-state index in [1.165, 1.54) is 6.20 Å². The fourth-order valence-corrected chi connectivity index (χ4v) is 1.39. The molecular formula is C11H6ClN3. The summed E-state index contributed by atoms with van der Waals surface area (Å²) in [6.07, 6.45) is 4.78. The number of halogens is 1. The second kappa shape index (κ2) is 4.07. The highest BCUT2D eigenvalue weighted by atomic mass is 35.5. The molecule has 3 nitrogen and oxygen atoms in total. The van der Waals surface area contributed by atoms with Gasteiger partial charge < -0.3 is 0 Å². The molecular weight excluding hydrogens is 210 g/mol. The van der Waals surface area contributed by atoms with Crippen LogP contribution >= 0.6 is 11.6 Å². The fourth-order valence-electron chi connectivity index (χ4n) is 1.19. The topological polar surface area (TPSA) is 49.6 Å². The van der Waals surface area contributed by atoms with Crippen molar-refractivity contribution >= 4 is 11.6 Å². The summed E-state index contributed by atoms with van der Waals surface area (Å²) >= 11 is 5.99. The molecule has 2 heterocycles. The maximum absolute atomic E-state index is 8.63. The quantitative estimate of drug-likeness (QED) is 0.735. The van der Waals surface area contributed by atoms with E-state index in [9.17, 15) is 0 Å². The number of hydrogen-bond acceptors (Lipinski definition) is 3. The van der Waals surface area contributed by atoms with E-state index < -0.39 is 0 Å². The first-order valence-corrected chi connectivity index (χ1v) is 4.65. The molecule has 0 aliphatic carbocycles. The molecule has 72 valence electrons. The summed E-state index contributed by atoms with van der Waals surface area (Å²) in [5.41, 5.74) is 2.01. The van der Waals surface area contributed by atoms with Gasteiger partial charge in [-0.3, -0.25) is 9.97 Å². The molecule has 0 bridgehead atoms. The van der Waals surface area contributed by atoms with E-state index in [1.54, 1.807) is 30.6 Å². The summed E-state index contributed by atoms with van der Waals surface area (Å²) in [6, 6.07) is 7.17. The Balaban J connectivity index is 2.47. The second-order valence-electron chi connectivity index (χ2n) is 2.90. The van der Waals surface area contributed by atoms with Gasteiger partial charge in [-0.2, -0.15) is 5.26 Å². The van der Waals surface area contributed by atoms with E-state index in [4.69, 9.17) is 16.9 Å². The van der Waals surface area contributed by atoms with Gasteiger partial charge in [0.1, 0.15) is 6.07 Å².